The van der Waals surface area contributed by atoms with Crippen molar-refractivity contribution >= 4 is 5.97 Å². The first-order valence-electron chi connectivity index (χ1n) is 4.98. The SMILES string of the molecule is NC(C(=O)O)C1(c2ccc(O)c(O)c2)CC1. The van der Waals surface area contributed by atoms with Crippen LogP contribution in [0.25, 0.3) is 0 Å². The van der Waals surface area contributed by atoms with Crippen molar-refractivity contribution in [3.63, 3.8) is 0 Å². The van der Waals surface area contributed by atoms with Crippen LogP contribution in [-0.2, 0) is 10.2 Å². The van der Waals surface area contributed by atoms with Gasteiger partial charge in [-0.3, -0.25) is 4.79 Å². The summed E-state index contributed by atoms with van der Waals surface area (Å²) >= 11 is 0. The zero-order valence-corrected chi connectivity index (χ0v) is 8.55. The normalized spacial score (nSPS) is 19.1. The molecule has 1 aliphatic rings. The third-order valence-electron chi connectivity index (χ3n) is 3.20. The van der Waals surface area contributed by atoms with Gasteiger partial charge >= 0.3 is 5.97 Å². The van der Waals surface area contributed by atoms with Gasteiger partial charge in [0.05, 0.1) is 0 Å². The quantitative estimate of drug-likeness (QED) is 0.560. The van der Waals surface area contributed by atoms with Gasteiger partial charge in [0, 0.05) is 5.41 Å². The summed E-state index contributed by atoms with van der Waals surface area (Å²) in [6.45, 7) is 0. The molecule has 2 rings (SSSR count). The van der Waals surface area contributed by atoms with Crippen LogP contribution in [0.1, 0.15) is 18.4 Å². The van der Waals surface area contributed by atoms with Gasteiger partial charge in [0.15, 0.2) is 11.5 Å². The zero-order chi connectivity index (χ0) is 11.9. The Morgan fingerprint density at radius 3 is 2.38 bits per heavy atom. The second kappa shape index (κ2) is 3.38. The number of hydrogen-bond donors (Lipinski definition) is 4. The monoisotopic (exact) mass is 223 g/mol. The van der Waals surface area contributed by atoms with Gasteiger partial charge in [0.2, 0.25) is 0 Å². The molecule has 0 aromatic heterocycles. The van der Waals surface area contributed by atoms with Crippen molar-refractivity contribution < 1.29 is 20.1 Å². The van der Waals surface area contributed by atoms with Crippen LogP contribution in [0, 0.1) is 0 Å². The molecule has 1 unspecified atom stereocenters. The van der Waals surface area contributed by atoms with Crippen molar-refractivity contribution in [2.24, 2.45) is 5.73 Å². The highest BCUT2D eigenvalue weighted by molar-refractivity contribution is 5.77. The number of carboxylic acids is 1. The first-order chi connectivity index (χ1) is 7.47. The fraction of sp³-hybridized carbons (Fsp3) is 0.364. The van der Waals surface area contributed by atoms with Crippen LogP contribution in [0.2, 0.25) is 0 Å². The fourth-order valence-corrected chi connectivity index (χ4v) is 1.98. The van der Waals surface area contributed by atoms with Gasteiger partial charge in [-0.15, -0.1) is 0 Å². The van der Waals surface area contributed by atoms with Crippen LogP contribution in [0.15, 0.2) is 18.2 Å². The molecule has 5 nitrogen and oxygen atoms in total. The van der Waals surface area contributed by atoms with E-state index in [9.17, 15) is 15.0 Å². The Balaban J connectivity index is 2.37. The molecule has 0 bridgehead atoms. The molecule has 0 radical (unpaired) electrons. The minimum atomic E-state index is -1.05. The van der Waals surface area contributed by atoms with E-state index >= 15 is 0 Å². The standard InChI is InChI=1S/C11H13NO4/c12-9(10(15)16)11(3-4-11)6-1-2-7(13)8(14)5-6/h1-2,5,9,13-14H,3-4,12H2,(H,15,16). The first kappa shape index (κ1) is 10.8. The number of aliphatic carboxylic acids is 1. The summed E-state index contributed by atoms with van der Waals surface area (Å²) in [4.78, 5) is 10.9. The summed E-state index contributed by atoms with van der Waals surface area (Å²) < 4.78 is 0. The second-order valence-corrected chi connectivity index (χ2v) is 4.18. The number of carboxylic acid groups (broad SMARTS) is 1. The smallest absolute Gasteiger partial charge is 0.321 e. The number of aromatic hydroxyl groups is 2. The highest BCUT2D eigenvalue weighted by atomic mass is 16.4. The Hall–Kier alpha value is -1.75. The van der Waals surface area contributed by atoms with Crippen LogP contribution in [0.4, 0.5) is 0 Å². The minimum absolute atomic E-state index is 0.219. The minimum Gasteiger partial charge on any atom is -0.504 e. The van der Waals surface area contributed by atoms with Gasteiger partial charge in [0.1, 0.15) is 6.04 Å². The summed E-state index contributed by atoms with van der Waals surface area (Å²) in [6.07, 6.45) is 1.37. The maximum atomic E-state index is 10.9. The van der Waals surface area contributed by atoms with Crippen LogP contribution in [-0.4, -0.2) is 27.3 Å². The zero-order valence-electron chi connectivity index (χ0n) is 8.55. The Morgan fingerprint density at radius 1 is 1.31 bits per heavy atom. The van der Waals surface area contributed by atoms with Crippen molar-refractivity contribution in [2.45, 2.75) is 24.3 Å². The van der Waals surface area contributed by atoms with Crippen LogP contribution < -0.4 is 5.73 Å². The second-order valence-electron chi connectivity index (χ2n) is 4.18. The third-order valence-corrected chi connectivity index (χ3v) is 3.20. The number of rotatable bonds is 3. The van der Waals surface area contributed by atoms with Crippen molar-refractivity contribution in [1.82, 2.24) is 0 Å². The molecule has 86 valence electrons. The van der Waals surface area contributed by atoms with E-state index in [2.05, 4.69) is 0 Å². The summed E-state index contributed by atoms with van der Waals surface area (Å²) in [6, 6.07) is 3.35. The van der Waals surface area contributed by atoms with Crippen LogP contribution >= 0.6 is 0 Å². The number of carbonyl (C=O) groups is 1. The molecule has 1 fully saturated rings. The Kier molecular flexibility index (Phi) is 2.27. The van der Waals surface area contributed by atoms with E-state index in [1.807, 2.05) is 0 Å². The van der Waals surface area contributed by atoms with Crippen molar-refractivity contribution in [2.75, 3.05) is 0 Å². The lowest BCUT2D eigenvalue weighted by molar-refractivity contribution is -0.139. The number of nitrogens with two attached hydrogens (primary N) is 1. The molecular weight excluding hydrogens is 210 g/mol. The average Bonchev–Trinajstić information content (AvgIpc) is 3.02. The Bertz CT molecular complexity index is 440. The highest BCUT2D eigenvalue weighted by Crippen LogP contribution is 2.51. The van der Waals surface area contributed by atoms with E-state index in [-0.39, 0.29) is 11.5 Å². The summed E-state index contributed by atoms with van der Waals surface area (Å²) in [5, 5.41) is 27.5. The van der Waals surface area contributed by atoms with E-state index in [0.717, 1.165) is 0 Å². The number of phenolic OH excluding ortho intramolecular Hbond substituents is 2. The number of phenols is 2. The largest absolute Gasteiger partial charge is 0.504 e. The van der Waals surface area contributed by atoms with E-state index in [4.69, 9.17) is 10.8 Å². The average molecular weight is 223 g/mol. The van der Waals surface area contributed by atoms with Crippen molar-refractivity contribution in [3.05, 3.63) is 23.8 Å². The molecule has 0 saturated heterocycles. The van der Waals surface area contributed by atoms with Gasteiger partial charge in [0.25, 0.3) is 0 Å². The summed E-state index contributed by atoms with van der Waals surface area (Å²) in [7, 11) is 0. The molecule has 1 saturated carbocycles. The molecule has 0 spiro atoms. The third kappa shape index (κ3) is 1.49. The predicted molar refractivity (Wildman–Crippen MR) is 56.3 cm³/mol. The van der Waals surface area contributed by atoms with E-state index < -0.39 is 17.4 Å². The van der Waals surface area contributed by atoms with Crippen molar-refractivity contribution in [3.8, 4) is 11.5 Å². The molecule has 5 heteroatoms. The molecule has 1 aliphatic carbocycles. The van der Waals surface area contributed by atoms with Crippen molar-refractivity contribution in [1.29, 1.82) is 0 Å². The Labute approximate surface area is 92.1 Å². The van der Waals surface area contributed by atoms with Crippen LogP contribution in [0.3, 0.4) is 0 Å². The molecular formula is C11H13NO4. The van der Waals surface area contributed by atoms with E-state index in [1.165, 1.54) is 12.1 Å². The van der Waals surface area contributed by atoms with E-state index in [0.29, 0.717) is 18.4 Å². The molecule has 1 aromatic carbocycles. The first-order valence-corrected chi connectivity index (χ1v) is 4.98. The lowest BCUT2D eigenvalue weighted by atomic mass is 9.88. The number of hydrogen-bond acceptors (Lipinski definition) is 4. The molecule has 0 aliphatic heterocycles. The lowest BCUT2D eigenvalue weighted by Crippen LogP contribution is -2.41. The Morgan fingerprint density at radius 2 is 1.94 bits per heavy atom. The molecule has 16 heavy (non-hydrogen) atoms. The van der Waals surface area contributed by atoms with Gasteiger partial charge in [-0.2, -0.15) is 0 Å². The fourth-order valence-electron chi connectivity index (χ4n) is 1.98. The molecule has 1 aromatic rings. The topological polar surface area (TPSA) is 104 Å². The predicted octanol–water partition coefficient (Wildman–Crippen LogP) is 0.541. The lowest BCUT2D eigenvalue weighted by Gasteiger charge is -2.20. The molecule has 1 atom stereocenters. The maximum absolute atomic E-state index is 10.9. The molecule has 0 amide bonds. The summed E-state index contributed by atoms with van der Waals surface area (Å²) in [5.74, 6) is -1.52. The van der Waals surface area contributed by atoms with Gasteiger partial charge in [-0.1, -0.05) is 6.07 Å². The number of benzene rings is 1. The van der Waals surface area contributed by atoms with Gasteiger partial charge < -0.3 is 21.1 Å². The molecule has 5 N–H and O–H groups in total. The molecule has 0 heterocycles. The highest BCUT2D eigenvalue weighted by Gasteiger charge is 2.52. The van der Waals surface area contributed by atoms with Gasteiger partial charge in [-0.05, 0) is 30.5 Å². The van der Waals surface area contributed by atoms with Gasteiger partial charge in [-0.25, -0.2) is 0 Å². The maximum Gasteiger partial charge on any atom is 0.321 e. The van der Waals surface area contributed by atoms with E-state index in [1.54, 1.807) is 6.07 Å². The van der Waals surface area contributed by atoms with Crippen LogP contribution in [0.5, 0.6) is 11.5 Å². The summed E-state index contributed by atoms with van der Waals surface area (Å²) in [5.41, 5.74) is 5.71.